The highest BCUT2D eigenvalue weighted by Crippen LogP contribution is 2.44. The number of aryl methyl sites for hydroxylation is 1. The van der Waals surface area contributed by atoms with Crippen molar-refractivity contribution in [3.63, 3.8) is 0 Å². The summed E-state index contributed by atoms with van der Waals surface area (Å²) in [5.41, 5.74) is 5.67. The number of carboxylic acid groups (broad SMARTS) is 1. The number of carbonyl (C=O) groups is 2. The van der Waals surface area contributed by atoms with Crippen LogP contribution in [-0.4, -0.2) is 29.0 Å². The highest BCUT2D eigenvalue weighted by molar-refractivity contribution is 5.85. The molecule has 0 aliphatic heterocycles. The third-order valence-corrected chi connectivity index (χ3v) is 6.40. The number of hydrogen-bond donors (Lipinski definition) is 3. The van der Waals surface area contributed by atoms with Crippen LogP contribution in [0.4, 0.5) is 4.39 Å². The van der Waals surface area contributed by atoms with Crippen molar-refractivity contribution >= 4 is 23.3 Å². The zero-order chi connectivity index (χ0) is 28.5. The molecule has 208 valence electrons. The molecule has 6 heteroatoms. The van der Waals surface area contributed by atoms with Crippen LogP contribution in [0.2, 0.25) is 0 Å². The van der Waals surface area contributed by atoms with Gasteiger partial charge in [0, 0.05) is 24.0 Å². The molecule has 1 heterocycles. The first-order valence-electron chi connectivity index (χ1n) is 13.6. The molecule has 0 saturated carbocycles. The summed E-state index contributed by atoms with van der Waals surface area (Å²) in [5.74, 6) is -0.395. The van der Waals surface area contributed by atoms with Gasteiger partial charge in [0.1, 0.15) is 5.82 Å². The van der Waals surface area contributed by atoms with Crippen molar-refractivity contribution in [1.82, 2.24) is 10.3 Å². The van der Waals surface area contributed by atoms with Crippen molar-refractivity contribution in [2.75, 3.05) is 6.54 Å². The summed E-state index contributed by atoms with van der Waals surface area (Å²) in [7, 11) is 0. The van der Waals surface area contributed by atoms with E-state index in [1.165, 1.54) is 16.7 Å². The van der Waals surface area contributed by atoms with Gasteiger partial charge in [-0.1, -0.05) is 74.8 Å². The zero-order valence-corrected chi connectivity index (χ0v) is 23.8. The number of halogens is 1. The Hall–Kier alpha value is -3.41. The molecular formula is C32H45FN2O3. The van der Waals surface area contributed by atoms with E-state index in [4.69, 9.17) is 5.11 Å². The second-order valence-corrected chi connectivity index (χ2v) is 9.15. The van der Waals surface area contributed by atoms with Crippen molar-refractivity contribution in [2.24, 2.45) is 5.92 Å². The Bertz CT molecular complexity index is 1140. The number of aromatic amines is 1. The van der Waals surface area contributed by atoms with Gasteiger partial charge in [-0.3, -0.25) is 9.59 Å². The molecule has 1 aliphatic rings. The molecule has 1 aromatic carbocycles. The number of rotatable bonds is 11. The number of hydrogen-bond acceptors (Lipinski definition) is 2. The fourth-order valence-electron chi connectivity index (χ4n) is 4.73. The second kappa shape index (κ2) is 17.9. The lowest BCUT2D eigenvalue weighted by atomic mass is 9.73. The van der Waals surface area contributed by atoms with Crippen molar-refractivity contribution in [2.45, 2.75) is 79.6 Å². The summed E-state index contributed by atoms with van der Waals surface area (Å²) in [4.78, 5) is 22.4. The third kappa shape index (κ3) is 9.81. The number of aromatic nitrogens is 1. The molecule has 5 nitrogen and oxygen atoms in total. The van der Waals surface area contributed by atoms with Crippen molar-refractivity contribution in [3.8, 4) is 0 Å². The summed E-state index contributed by atoms with van der Waals surface area (Å²) in [6.07, 6.45) is 20.0. The minimum atomic E-state index is -0.903. The fraction of sp³-hybridized carbons (Fsp3) is 0.438. The van der Waals surface area contributed by atoms with Gasteiger partial charge < -0.3 is 15.4 Å². The molecule has 38 heavy (non-hydrogen) atoms. The Labute approximate surface area is 227 Å². The molecule has 1 unspecified atom stereocenters. The number of fused-ring (bicyclic) bond motifs is 1. The quantitative estimate of drug-likeness (QED) is 0.158. The predicted molar refractivity (Wildman–Crippen MR) is 157 cm³/mol. The van der Waals surface area contributed by atoms with Crippen molar-refractivity contribution < 1.29 is 19.1 Å². The minimum Gasteiger partial charge on any atom is -0.481 e. The summed E-state index contributed by atoms with van der Waals surface area (Å²) in [5, 5.41) is 11.2. The van der Waals surface area contributed by atoms with E-state index in [2.05, 4.69) is 73.6 Å². The van der Waals surface area contributed by atoms with Crippen LogP contribution >= 0.6 is 0 Å². The van der Waals surface area contributed by atoms with Gasteiger partial charge in [-0.2, -0.15) is 0 Å². The van der Waals surface area contributed by atoms with Crippen LogP contribution in [0.5, 0.6) is 0 Å². The van der Waals surface area contributed by atoms with Gasteiger partial charge in [0.05, 0.1) is 11.9 Å². The summed E-state index contributed by atoms with van der Waals surface area (Å²) < 4.78 is 14.6. The summed E-state index contributed by atoms with van der Waals surface area (Å²) in [6, 6.07) is 3.74. The SMILES string of the molecule is C/C=C\C=C(/C)[C@@H](CCC)C(C1=CC=CCC1)c1c[nH]c2c(F)cc(C)cc12.CC.O=CNCCC(=O)O. The number of carboxylic acids is 1. The average Bonchev–Trinajstić information content (AvgIpc) is 3.33. The Morgan fingerprint density at radius 3 is 2.61 bits per heavy atom. The lowest BCUT2D eigenvalue weighted by Crippen LogP contribution is -2.17. The number of nitrogens with one attached hydrogen (secondary N) is 2. The minimum absolute atomic E-state index is 0.0151. The van der Waals surface area contributed by atoms with Crippen LogP contribution in [0, 0.1) is 18.7 Å². The van der Waals surface area contributed by atoms with Gasteiger partial charge in [0.25, 0.3) is 0 Å². The molecule has 2 aromatic rings. The lowest BCUT2D eigenvalue weighted by molar-refractivity contribution is -0.136. The molecule has 0 fully saturated rings. The van der Waals surface area contributed by atoms with Gasteiger partial charge in [-0.25, -0.2) is 4.39 Å². The normalized spacial score (nSPS) is 14.6. The molecule has 0 saturated heterocycles. The predicted octanol–water partition coefficient (Wildman–Crippen LogP) is 8.15. The average molecular weight is 525 g/mol. The number of H-pyrrole nitrogens is 1. The van der Waals surface area contributed by atoms with Crippen LogP contribution in [-0.2, 0) is 9.59 Å². The van der Waals surface area contributed by atoms with Gasteiger partial charge in [0.15, 0.2) is 0 Å². The van der Waals surface area contributed by atoms with Gasteiger partial charge >= 0.3 is 5.97 Å². The largest absolute Gasteiger partial charge is 0.481 e. The second-order valence-electron chi connectivity index (χ2n) is 9.15. The van der Waals surface area contributed by atoms with Crippen LogP contribution in [0.15, 0.2) is 65.9 Å². The van der Waals surface area contributed by atoms with E-state index in [0.29, 0.717) is 17.8 Å². The fourth-order valence-corrected chi connectivity index (χ4v) is 4.73. The molecule has 1 aliphatic carbocycles. The van der Waals surface area contributed by atoms with Crippen LogP contribution in [0.25, 0.3) is 10.9 Å². The Kier molecular flexibility index (Phi) is 15.4. The standard InChI is InChI=1S/C26H32FN.C4H7NO3.C2H6/c1-5-7-12-19(4)21(11-6-2)25(20-13-9-8-10-14-20)23-17-28-26-22(23)15-18(3)16-24(26)27;6-3-5-2-1-4(7)8;1-2/h5,7-9,12-13,15-17,21,25,28H,6,10-11,14H2,1-4H3;3H,1-2H2,(H,5,6)(H,7,8);1-2H3/b7-5-,19-12+;;/t21-,25?;;/m1../s1. The first kappa shape index (κ1) is 32.6. The molecule has 2 atom stereocenters. The van der Waals surface area contributed by atoms with Gasteiger partial charge in [-0.15, -0.1) is 0 Å². The van der Waals surface area contributed by atoms with Crippen molar-refractivity contribution in [1.29, 1.82) is 0 Å². The highest BCUT2D eigenvalue weighted by atomic mass is 19.1. The molecule has 0 bridgehead atoms. The monoisotopic (exact) mass is 524 g/mol. The van der Waals surface area contributed by atoms with E-state index in [-0.39, 0.29) is 24.7 Å². The highest BCUT2D eigenvalue weighted by Gasteiger charge is 2.30. The van der Waals surface area contributed by atoms with Crippen molar-refractivity contribution in [3.05, 3.63) is 82.9 Å². The van der Waals surface area contributed by atoms with E-state index in [1.54, 1.807) is 6.07 Å². The first-order valence-corrected chi connectivity index (χ1v) is 13.6. The molecule has 1 aromatic heterocycles. The molecular weight excluding hydrogens is 479 g/mol. The number of aliphatic carboxylic acids is 1. The Morgan fingerprint density at radius 1 is 1.29 bits per heavy atom. The first-order chi connectivity index (χ1) is 18.3. The molecule has 3 rings (SSSR count). The molecule has 1 amide bonds. The van der Waals surface area contributed by atoms with E-state index in [0.717, 1.165) is 36.6 Å². The summed E-state index contributed by atoms with van der Waals surface area (Å²) >= 11 is 0. The number of amides is 1. The topological polar surface area (TPSA) is 82.2 Å². The maximum absolute atomic E-state index is 14.6. The Morgan fingerprint density at radius 2 is 2.03 bits per heavy atom. The molecule has 3 N–H and O–H groups in total. The van der Waals surface area contributed by atoms with E-state index in [9.17, 15) is 14.0 Å². The van der Waals surface area contributed by atoms with Gasteiger partial charge in [0.2, 0.25) is 6.41 Å². The van der Waals surface area contributed by atoms with E-state index >= 15 is 0 Å². The summed E-state index contributed by atoms with van der Waals surface area (Å²) in [6.45, 7) is 12.7. The lowest BCUT2D eigenvalue weighted by Gasteiger charge is -2.31. The Balaban J connectivity index is 0.000000620. The number of carbonyl (C=O) groups excluding carboxylic acids is 1. The zero-order valence-electron chi connectivity index (χ0n) is 23.8. The maximum atomic E-state index is 14.6. The van der Waals surface area contributed by atoms with E-state index in [1.807, 2.05) is 27.0 Å². The smallest absolute Gasteiger partial charge is 0.305 e. The molecule has 0 spiro atoms. The third-order valence-electron chi connectivity index (χ3n) is 6.40. The van der Waals surface area contributed by atoms with Crippen LogP contribution in [0.3, 0.4) is 0 Å². The molecule has 0 radical (unpaired) electrons. The number of allylic oxidation sites excluding steroid dienone is 8. The van der Waals surface area contributed by atoms with Gasteiger partial charge in [-0.05, 0) is 69.2 Å². The van der Waals surface area contributed by atoms with Crippen LogP contribution in [0.1, 0.15) is 83.8 Å². The maximum Gasteiger partial charge on any atom is 0.305 e. The van der Waals surface area contributed by atoms with Crippen LogP contribution < -0.4 is 5.32 Å². The number of benzene rings is 1. The van der Waals surface area contributed by atoms with E-state index < -0.39 is 5.97 Å².